The van der Waals surface area contributed by atoms with Gasteiger partial charge in [-0.25, -0.2) is 9.67 Å². The summed E-state index contributed by atoms with van der Waals surface area (Å²) in [5.41, 5.74) is 4.60. The van der Waals surface area contributed by atoms with Crippen molar-refractivity contribution in [3.63, 3.8) is 0 Å². The molecule has 1 aliphatic rings. The van der Waals surface area contributed by atoms with Crippen LogP contribution >= 0.6 is 19.4 Å². The minimum absolute atomic E-state index is 0.00642. The van der Waals surface area contributed by atoms with Crippen LogP contribution in [-0.4, -0.2) is 79.9 Å². The second-order valence-electron chi connectivity index (χ2n) is 7.74. The molecule has 1 aromatic rings. The Bertz CT molecular complexity index is 813. The van der Waals surface area contributed by atoms with E-state index in [1.165, 1.54) is 6.66 Å². The van der Waals surface area contributed by atoms with E-state index in [1.807, 2.05) is 0 Å². The van der Waals surface area contributed by atoms with Crippen LogP contribution in [0, 0.1) is 5.41 Å². The topological polar surface area (TPSA) is 176 Å². The average molecular weight is 466 g/mol. The van der Waals surface area contributed by atoms with Gasteiger partial charge in [-0.1, -0.05) is 32.5 Å². The van der Waals surface area contributed by atoms with Gasteiger partial charge in [0.25, 0.3) is 5.91 Å². The van der Waals surface area contributed by atoms with Crippen molar-refractivity contribution in [2.45, 2.75) is 45.3 Å². The number of carbonyl (C=O) groups is 2. The zero-order valence-corrected chi connectivity index (χ0v) is 18.8. The lowest BCUT2D eigenvalue weighted by Gasteiger charge is -2.19. The fourth-order valence-corrected chi connectivity index (χ4v) is 4.22. The van der Waals surface area contributed by atoms with Crippen molar-refractivity contribution in [2.75, 3.05) is 25.6 Å². The molecule has 12 nitrogen and oxygen atoms in total. The molecular formula is C16H27N4O8PS. The maximum Gasteiger partial charge on any atom is 0.327 e. The molecule has 0 radical (unpaired) electrons. The Morgan fingerprint density at radius 2 is 2.00 bits per heavy atom. The molecule has 0 aromatic carbocycles. The SMILES string of the molecule is CC(C)(C)C(=O)SCCOP(C)(=O)OC[C@H]1O[C@@H](n2cnc(C(N)=O)n2)C(O)[C@H]1O. The summed E-state index contributed by atoms with van der Waals surface area (Å²) in [6.45, 7) is 6.39. The number of nitrogens with two attached hydrogens (primary N) is 1. The van der Waals surface area contributed by atoms with Crippen LogP contribution in [0.25, 0.3) is 0 Å². The van der Waals surface area contributed by atoms with Crippen molar-refractivity contribution in [1.82, 2.24) is 14.8 Å². The Kier molecular flexibility index (Phi) is 8.19. The molecule has 2 heterocycles. The van der Waals surface area contributed by atoms with Crippen molar-refractivity contribution >= 4 is 30.4 Å². The molecule has 1 aromatic heterocycles. The number of hydrogen-bond donors (Lipinski definition) is 3. The van der Waals surface area contributed by atoms with E-state index in [0.717, 1.165) is 22.8 Å². The third-order valence-electron chi connectivity index (χ3n) is 4.05. The van der Waals surface area contributed by atoms with E-state index in [2.05, 4.69) is 10.1 Å². The van der Waals surface area contributed by atoms with Crippen LogP contribution < -0.4 is 5.73 Å². The van der Waals surface area contributed by atoms with Crippen LogP contribution in [0.5, 0.6) is 0 Å². The number of ether oxygens (including phenoxy) is 1. The van der Waals surface area contributed by atoms with Gasteiger partial charge in [0.1, 0.15) is 24.6 Å². The zero-order chi connectivity index (χ0) is 22.7. The standard InChI is InChI=1S/C16H27N4O8PS/c1-16(2,3)15(24)30-6-5-26-29(4,25)27-7-9-10(21)11(22)14(28-9)20-8-18-13(19-20)12(17)23/h8-11,14,21-22H,5-7H2,1-4H3,(H2,17,23)/t9-,10+,11?,14-,29?/m1/s1. The molecule has 30 heavy (non-hydrogen) atoms. The van der Waals surface area contributed by atoms with Crippen LogP contribution in [0.3, 0.4) is 0 Å². The first-order valence-electron chi connectivity index (χ1n) is 9.08. The first kappa shape index (κ1) is 24.9. The molecule has 170 valence electrons. The number of primary amides is 1. The number of hydrogen-bond acceptors (Lipinski definition) is 11. The van der Waals surface area contributed by atoms with Gasteiger partial charge in [-0.3, -0.25) is 14.2 Å². The number of aliphatic hydroxyl groups is 2. The van der Waals surface area contributed by atoms with E-state index in [0.29, 0.717) is 5.75 Å². The summed E-state index contributed by atoms with van der Waals surface area (Å²) in [7, 11) is -3.49. The van der Waals surface area contributed by atoms with Gasteiger partial charge >= 0.3 is 7.60 Å². The fraction of sp³-hybridized carbons (Fsp3) is 0.750. The number of rotatable bonds is 9. The molecule has 1 fully saturated rings. The smallest absolute Gasteiger partial charge is 0.327 e. The summed E-state index contributed by atoms with van der Waals surface area (Å²) in [4.78, 5) is 26.6. The minimum Gasteiger partial charge on any atom is -0.387 e. The van der Waals surface area contributed by atoms with Crippen molar-refractivity contribution in [3.05, 3.63) is 12.2 Å². The normalized spacial score (nSPS) is 26.5. The fourth-order valence-electron chi connectivity index (χ4n) is 2.40. The van der Waals surface area contributed by atoms with E-state index in [1.54, 1.807) is 20.8 Å². The molecule has 2 rings (SSSR count). The highest BCUT2D eigenvalue weighted by atomic mass is 32.2. The number of aromatic nitrogens is 3. The summed E-state index contributed by atoms with van der Waals surface area (Å²) in [6, 6.07) is 0. The van der Waals surface area contributed by atoms with Crippen molar-refractivity contribution in [2.24, 2.45) is 11.1 Å². The van der Waals surface area contributed by atoms with Gasteiger partial charge in [0.15, 0.2) is 11.3 Å². The maximum absolute atomic E-state index is 12.4. The molecule has 1 amide bonds. The molecular weight excluding hydrogens is 439 g/mol. The molecule has 0 bridgehead atoms. The van der Waals surface area contributed by atoms with E-state index in [4.69, 9.17) is 19.5 Å². The van der Waals surface area contributed by atoms with Crippen molar-refractivity contribution in [3.8, 4) is 0 Å². The second-order valence-corrected chi connectivity index (χ2v) is 10.9. The summed E-state index contributed by atoms with van der Waals surface area (Å²) in [6.07, 6.45) is -3.78. The lowest BCUT2D eigenvalue weighted by molar-refractivity contribution is -0.117. The monoisotopic (exact) mass is 466 g/mol. The van der Waals surface area contributed by atoms with Crippen LogP contribution in [0.4, 0.5) is 0 Å². The van der Waals surface area contributed by atoms with Gasteiger partial charge in [-0.2, -0.15) is 0 Å². The van der Waals surface area contributed by atoms with E-state index in [9.17, 15) is 24.4 Å². The van der Waals surface area contributed by atoms with E-state index >= 15 is 0 Å². The Morgan fingerprint density at radius 1 is 1.33 bits per heavy atom. The van der Waals surface area contributed by atoms with Crippen molar-refractivity contribution in [1.29, 1.82) is 0 Å². The molecule has 5 atom stereocenters. The largest absolute Gasteiger partial charge is 0.387 e. The minimum atomic E-state index is -3.49. The summed E-state index contributed by atoms with van der Waals surface area (Å²) >= 11 is 1.08. The van der Waals surface area contributed by atoms with Gasteiger partial charge in [-0.15, -0.1) is 5.10 Å². The van der Waals surface area contributed by atoms with Gasteiger partial charge in [-0.05, 0) is 0 Å². The molecule has 1 saturated heterocycles. The zero-order valence-electron chi connectivity index (χ0n) is 17.1. The highest BCUT2D eigenvalue weighted by Gasteiger charge is 2.45. The first-order chi connectivity index (χ1) is 13.8. The molecule has 0 aliphatic carbocycles. The molecule has 2 unspecified atom stereocenters. The summed E-state index contributed by atoms with van der Waals surface area (Å²) in [5, 5.41) is 24.1. The Morgan fingerprint density at radius 3 is 2.57 bits per heavy atom. The molecule has 0 spiro atoms. The number of amides is 1. The number of thioether (sulfide) groups is 1. The van der Waals surface area contributed by atoms with E-state index in [-0.39, 0.29) is 24.2 Å². The lowest BCUT2D eigenvalue weighted by atomic mass is 10.00. The Hall–Kier alpha value is -1.34. The Labute approximate surface area is 178 Å². The Balaban J connectivity index is 1.83. The van der Waals surface area contributed by atoms with E-state index < -0.39 is 43.5 Å². The van der Waals surface area contributed by atoms with Crippen LogP contribution in [0.1, 0.15) is 37.6 Å². The van der Waals surface area contributed by atoms with Crippen molar-refractivity contribution < 1.29 is 38.2 Å². The van der Waals surface area contributed by atoms with Gasteiger partial charge < -0.3 is 29.7 Å². The highest BCUT2D eigenvalue weighted by molar-refractivity contribution is 8.13. The van der Waals surface area contributed by atoms with Gasteiger partial charge in [0.05, 0.1) is 13.2 Å². The summed E-state index contributed by atoms with van der Waals surface area (Å²) in [5.74, 6) is -0.808. The third-order valence-corrected chi connectivity index (χ3v) is 6.57. The third kappa shape index (κ3) is 6.58. The maximum atomic E-state index is 12.4. The first-order valence-corrected chi connectivity index (χ1v) is 12.1. The predicted molar refractivity (Wildman–Crippen MR) is 107 cm³/mol. The molecule has 4 N–H and O–H groups in total. The van der Waals surface area contributed by atoms with Gasteiger partial charge in [0, 0.05) is 17.8 Å². The second kappa shape index (κ2) is 9.86. The van der Waals surface area contributed by atoms with Crippen LogP contribution in [0.2, 0.25) is 0 Å². The van der Waals surface area contributed by atoms with Crippen LogP contribution in [-0.2, 0) is 23.1 Å². The number of aliphatic hydroxyl groups excluding tert-OH is 2. The average Bonchev–Trinajstić information content (AvgIpc) is 3.23. The quantitative estimate of drug-likeness (QED) is 0.334. The molecule has 14 heteroatoms. The number of nitrogens with zero attached hydrogens (tertiary/aromatic N) is 3. The predicted octanol–water partition coefficient (Wildman–Crippen LogP) is 0.158. The summed E-state index contributed by atoms with van der Waals surface area (Å²) < 4.78 is 29.5. The molecule has 1 aliphatic heterocycles. The highest BCUT2D eigenvalue weighted by Crippen LogP contribution is 2.45. The van der Waals surface area contributed by atoms with Gasteiger partial charge in [0.2, 0.25) is 5.82 Å². The lowest BCUT2D eigenvalue weighted by Crippen LogP contribution is -2.33. The number of carbonyl (C=O) groups excluding carboxylic acids is 2. The molecule has 0 saturated carbocycles. The van der Waals surface area contributed by atoms with Crippen LogP contribution in [0.15, 0.2) is 6.33 Å².